The molecule has 1 heterocycles. The number of guanidine groups is 1. The van der Waals surface area contributed by atoms with E-state index in [-0.39, 0.29) is 24.0 Å². The molecule has 1 atom stereocenters. The highest BCUT2D eigenvalue weighted by Gasteiger charge is 2.06. The Labute approximate surface area is 162 Å². The van der Waals surface area contributed by atoms with Gasteiger partial charge in [0, 0.05) is 33.4 Å². The van der Waals surface area contributed by atoms with Gasteiger partial charge in [-0.2, -0.15) is 5.10 Å². The summed E-state index contributed by atoms with van der Waals surface area (Å²) in [7, 11) is 3.76. The van der Waals surface area contributed by atoms with E-state index < -0.39 is 0 Å². The molecule has 0 saturated heterocycles. The van der Waals surface area contributed by atoms with E-state index in [9.17, 15) is 0 Å². The number of halogens is 1. The highest BCUT2D eigenvalue weighted by molar-refractivity contribution is 14.0. The minimum atomic E-state index is 0. The molecular formula is C18H28IN5. The summed E-state index contributed by atoms with van der Waals surface area (Å²) in [5.74, 6) is 1.31. The van der Waals surface area contributed by atoms with E-state index in [0.717, 1.165) is 31.9 Å². The van der Waals surface area contributed by atoms with Crippen LogP contribution in [-0.2, 0) is 13.5 Å². The number of hydrogen-bond donors (Lipinski definition) is 2. The maximum Gasteiger partial charge on any atom is 0.190 e. The fourth-order valence-electron chi connectivity index (χ4n) is 2.47. The molecule has 132 valence electrons. The van der Waals surface area contributed by atoms with Crippen LogP contribution >= 0.6 is 24.0 Å². The number of benzene rings is 1. The molecule has 2 aromatic rings. The van der Waals surface area contributed by atoms with E-state index in [2.05, 4.69) is 58.1 Å². The quantitative estimate of drug-likeness (QED) is 0.301. The molecule has 24 heavy (non-hydrogen) atoms. The van der Waals surface area contributed by atoms with Crippen LogP contribution in [0.4, 0.5) is 0 Å². The van der Waals surface area contributed by atoms with Gasteiger partial charge in [-0.25, -0.2) is 0 Å². The van der Waals surface area contributed by atoms with Crippen LogP contribution in [0.2, 0.25) is 0 Å². The maximum atomic E-state index is 4.28. The summed E-state index contributed by atoms with van der Waals surface area (Å²) in [6.07, 6.45) is 6.07. The van der Waals surface area contributed by atoms with Gasteiger partial charge in [0.1, 0.15) is 0 Å². The molecule has 1 aromatic heterocycles. The van der Waals surface area contributed by atoms with Crippen molar-refractivity contribution in [2.75, 3.05) is 20.1 Å². The molecule has 0 aliphatic carbocycles. The van der Waals surface area contributed by atoms with E-state index in [0.29, 0.717) is 5.92 Å². The van der Waals surface area contributed by atoms with Gasteiger partial charge in [0.15, 0.2) is 5.96 Å². The lowest BCUT2D eigenvalue weighted by Gasteiger charge is -2.16. The monoisotopic (exact) mass is 441 g/mol. The van der Waals surface area contributed by atoms with Crippen LogP contribution in [0.1, 0.15) is 30.4 Å². The highest BCUT2D eigenvalue weighted by atomic mass is 127. The van der Waals surface area contributed by atoms with Crippen LogP contribution in [-0.4, -0.2) is 35.9 Å². The third-order valence-electron chi connectivity index (χ3n) is 3.86. The lowest BCUT2D eigenvalue weighted by Crippen LogP contribution is -2.39. The van der Waals surface area contributed by atoms with Gasteiger partial charge in [-0.3, -0.25) is 9.67 Å². The van der Waals surface area contributed by atoms with Crippen molar-refractivity contribution in [1.29, 1.82) is 0 Å². The van der Waals surface area contributed by atoms with Gasteiger partial charge in [0.05, 0.1) is 6.20 Å². The summed E-state index contributed by atoms with van der Waals surface area (Å²) in [5, 5.41) is 10.9. The number of rotatable bonds is 7. The molecule has 0 fully saturated rings. The topological polar surface area (TPSA) is 54.2 Å². The predicted molar refractivity (Wildman–Crippen MR) is 111 cm³/mol. The third-order valence-corrected chi connectivity index (χ3v) is 3.86. The van der Waals surface area contributed by atoms with Crippen molar-refractivity contribution < 1.29 is 0 Å². The third kappa shape index (κ3) is 6.90. The van der Waals surface area contributed by atoms with Gasteiger partial charge in [-0.1, -0.05) is 37.3 Å². The minimum absolute atomic E-state index is 0. The van der Waals surface area contributed by atoms with Crippen molar-refractivity contribution in [1.82, 2.24) is 20.4 Å². The highest BCUT2D eigenvalue weighted by Crippen LogP contribution is 2.12. The average molecular weight is 441 g/mol. The average Bonchev–Trinajstić information content (AvgIpc) is 3.00. The number of aromatic nitrogens is 2. The molecule has 1 aromatic carbocycles. The fraction of sp³-hybridized carbons (Fsp3) is 0.444. The Balaban J connectivity index is 0.00000288. The molecule has 6 heteroatoms. The van der Waals surface area contributed by atoms with E-state index >= 15 is 0 Å². The van der Waals surface area contributed by atoms with Gasteiger partial charge < -0.3 is 10.6 Å². The summed E-state index contributed by atoms with van der Waals surface area (Å²) >= 11 is 0. The van der Waals surface area contributed by atoms with Crippen LogP contribution in [0.15, 0.2) is 47.7 Å². The van der Waals surface area contributed by atoms with E-state index in [1.165, 1.54) is 11.1 Å². The maximum absolute atomic E-state index is 4.28. The van der Waals surface area contributed by atoms with Crippen molar-refractivity contribution in [2.24, 2.45) is 12.0 Å². The Morgan fingerprint density at radius 1 is 1.25 bits per heavy atom. The number of aliphatic imine (C=N–C) groups is 1. The second kappa shape index (κ2) is 11.1. The lowest BCUT2D eigenvalue weighted by molar-refractivity contribution is 0.688. The van der Waals surface area contributed by atoms with Crippen molar-refractivity contribution in [3.63, 3.8) is 0 Å². The van der Waals surface area contributed by atoms with Crippen LogP contribution in [0.5, 0.6) is 0 Å². The van der Waals surface area contributed by atoms with E-state index in [1.807, 2.05) is 31.0 Å². The van der Waals surface area contributed by atoms with Gasteiger partial charge in [-0.15, -0.1) is 24.0 Å². The van der Waals surface area contributed by atoms with Crippen LogP contribution in [0.25, 0.3) is 0 Å². The second-order valence-electron chi connectivity index (χ2n) is 5.82. The first-order valence-corrected chi connectivity index (χ1v) is 8.16. The molecule has 0 bridgehead atoms. The zero-order chi connectivity index (χ0) is 16.5. The number of hydrogen-bond acceptors (Lipinski definition) is 2. The van der Waals surface area contributed by atoms with Crippen LogP contribution in [0, 0.1) is 0 Å². The lowest BCUT2D eigenvalue weighted by atomic mass is 10.0. The van der Waals surface area contributed by atoms with Crippen molar-refractivity contribution in [3.05, 3.63) is 53.9 Å². The summed E-state index contributed by atoms with van der Waals surface area (Å²) in [5.41, 5.74) is 2.61. The Bertz CT molecular complexity index is 609. The molecular weight excluding hydrogens is 413 g/mol. The first-order chi connectivity index (χ1) is 11.2. The number of nitrogens with one attached hydrogen (secondary N) is 2. The summed E-state index contributed by atoms with van der Waals surface area (Å²) in [6, 6.07) is 10.5. The summed E-state index contributed by atoms with van der Waals surface area (Å²) in [6.45, 7) is 3.98. The van der Waals surface area contributed by atoms with Crippen molar-refractivity contribution in [2.45, 2.75) is 25.7 Å². The molecule has 0 spiro atoms. The number of nitrogens with zero attached hydrogens (tertiary/aromatic N) is 3. The first kappa shape index (κ1) is 20.5. The normalized spacial score (nSPS) is 12.4. The Morgan fingerprint density at radius 2 is 2.00 bits per heavy atom. The Kier molecular flexibility index (Phi) is 9.44. The molecule has 0 saturated carbocycles. The van der Waals surface area contributed by atoms with Crippen molar-refractivity contribution >= 4 is 29.9 Å². The minimum Gasteiger partial charge on any atom is -0.356 e. The van der Waals surface area contributed by atoms with Crippen LogP contribution in [0.3, 0.4) is 0 Å². The smallest absolute Gasteiger partial charge is 0.190 e. The number of aryl methyl sites for hydroxylation is 2. The van der Waals surface area contributed by atoms with Gasteiger partial charge in [0.2, 0.25) is 0 Å². The standard InChI is InChI=1S/C18H27N5.HI/c1-15(17-9-5-4-6-10-17)12-21-18(19-2)20-11-7-8-16-13-22-23(3)14-16;/h4-6,9-10,13-15H,7-8,11-12H2,1-3H3,(H2,19,20,21);1H. The fourth-order valence-corrected chi connectivity index (χ4v) is 2.47. The van der Waals surface area contributed by atoms with E-state index in [1.54, 1.807) is 0 Å². The summed E-state index contributed by atoms with van der Waals surface area (Å²) < 4.78 is 1.84. The summed E-state index contributed by atoms with van der Waals surface area (Å²) in [4.78, 5) is 4.28. The second-order valence-corrected chi connectivity index (χ2v) is 5.82. The van der Waals surface area contributed by atoms with Gasteiger partial charge in [0.25, 0.3) is 0 Å². The predicted octanol–water partition coefficient (Wildman–Crippen LogP) is 2.94. The van der Waals surface area contributed by atoms with Gasteiger partial charge >= 0.3 is 0 Å². The largest absolute Gasteiger partial charge is 0.356 e. The molecule has 2 rings (SSSR count). The van der Waals surface area contributed by atoms with Crippen molar-refractivity contribution in [3.8, 4) is 0 Å². The molecule has 2 N–H and O–H groups in total. The zero-order valence-corrected chi connectivity index (χ0v) is 17.0. The SMILES string of the molecule is CN=C(NCCCc1cnn(C)c1)NCC(C)c1ccccc1.I. The van der Waals surface area contributed by atoms with Crippen LogP contribution < -0.4 is 10.6 Å². The van der Waals surface area contributed by atoms with Gasteiger partial charge in [-0.05, 0) is 29.9 Å². The molecule has 0 amide bonds. The Hall–Kier alpha value is -1.57. The van der Waals surface area contributed by atoms with E-state index in [4.69, 9.17) is 0 Å². The molecule has 0 aliphatic heterocycles. The molecule has 0 radical (unpaired) electrons. The molecule has 5 nitrogen and oxygen atoms in total. The Morgan fingerprint density at radius 3 is 2.62 bits per heavy atom. The zero-order valence-electron chi connectivity index (χ0n) is 14.7. The molecule has 0 aliphatic rings. The first-order valence-electron chi connectivity index (χ1n) is 8.16. The molecule has 1 unspecified atom stereocenters.